The molecule has 12 heteroatoms. The molecule has 0 saturated carbocycles. The zero-order valence-electron chi connectivity index (χ0n) is 19.0. The van der Waals surface area contributed by atoms with Crippen LogP contribution in [-0.4, -0.2) is 60.9 Å². The summed E-state index contributed by atoms with van der Waals surface area (Å²) < 4.78 is 47.8. The Morgan fingerprint density at radius 1 is 1.21 bits per heavy atom. The van der Waals surface area contributed by atoms with Crippen molar-refractivity contribution in [2.75, 3.05) is 43.1 Å². The van der Waals surface area contributed by atoms with E-state index in [2.05, 4.69) is 20.6 Å². The minimum Gasteiger partial charge on any atom is -0.468 e. The first-order valence-electron chi connectivity index (χ1n) is 10.6. The highest BCUT2D eigenvalue weighted by molar-refractivity contribution is 5.99. The number of morpholine rings is 1. The molecule has 0 spiro atoms. The summed E-state index contributed by atoms with van der Waals surface area (Å²) in [5.41, 5.74) is 1.57. The quantitative estimate of drug-likeness (QED) is 0.626. The third-order valence-corrected chi connectivity index (χ3v) is 4.92. The van der Waals surface area contributed by atoms with Crippen LogP contribution >= 0.6 is 0 Å². The second-order valence-electron chi connectivity index (χ2n) is 7.83. The molecule has 2 N–H and O–H groups in total. The summed E-state index contributed by atoms with van der Waals surface area (Å²) in [6.45, 7) is 5.07. The van der Waals surface area contributed by atoms with E-state index >= 15 is 0 Å². The number of ether oxygens (including phenoxy) is 2. The molecule has 2 aromatic heterocycles. The summed E-state index contributed by atoms with van der Waals surface area (Å²) in [4.78, 5) is 34.7. The standard InChI is InChI=1S/C22H26F3N5O4/c1-13-10-16(11-18(26-13)28-15(3)31)14(2)27-21(32)17-4-5-19(34-12-22(23,24)25)29-20(17)30-6-8-33-9-7-30/h4-5,10-11,14H,6-9,12H2,1-3H3,(H,27,32)(H,26,28,31). The van der Waals surface area contributed by atoms with Crippen LogP contribution in [0.1, 0.15) is 41.5 Å². The third kappa shape index (κ3) is 7.04. The first kappa shape index (κ1) is 25.2. The van der Waals surface area contributed by atoms with Crippen LogP contribution in [0.15, 0.2) is 24.3 Å². The zero-order chi connectivity index (χ0) is 24.9. The van der Waals surface area contributed by atoms with Crippen molar-refractivity contribution in [1.29, 1.82) is 0 Å². The predicted octanol–water partition coefficient (Wildman–Crippen LogP) is 3.01. The summed E-state index contributed by atoms with van der Waals surface area (Å²) in [7, 11) is 0. The molecule has 1 fully saturated rings. The van der Waals surface area contributed by atoms with Crippen molar-refractivity contribution in [2.45, 2.75) is 33.0 Å². The average molecular weight is 481 g/mol. The maximum absolute atomic E-state index is 13.2. The molecule has 1 saturated heterocycles. The van der Waals surface area contributed by atoms with E-state index in [0.29, 0.717) is 37.8 Å². The monoisotopic (exact) mass is 481 g/mol. The van der Waals surface area contributed by atoms with Gasteiger partial charge in [0.25, 0.3) is 5.91 Å². The van der Waals surface area contributed by atoms with E-state index in [0.717, 1.165) is 5.56 Å². The van der Waals surface area contributed by atoms with Crippen LogP contribution in [0, 0.1) is 6.92 Å². The number of amides is 2. The van der Waals surface area contributed by atoms with E-state index in [1.807, 2.05) is 0 Å². The van der Waals surface area contributed by atoms with Crippen molar-refractivity contribution in [2.24, 2.45) is 0 Å². The van der Waals surface area contributed by atoms with Gasteiger partial charge in [-0.1, -0.05) is 0 Å². The Morgan fingerprint density at radius 3 is 2.56 bits per heavy atom. The highest BCUT2D eigenvalue weighted by Gasteiger charge is 2.29. The summed E-state index contributed by atoms with van der Waals surface area (Å²) >= 11 is 0. The summed E-state index contributed by atoms with van der Waals surface area (Å²) in [5, 5.41) is 5.50. The number of rotatable bonds is 7. The molecule has 3 rings (SSSR count). The van der Waals surface area contributed by atoms with Crippen molar-refractivity contribution >= 4 is 23.5 Å². The van der Waals surface area contributed by atoms with Gasteiger partial charge in [0.1, 0.15) is 11.6 Å². The van der Waals surface area contributed by atoms with E-state index in [-0.39, 0.29) is 23.2 Å². The van der Waals surface area contributed by atoms with Gasteiger partial charge in [-0.15, -0.1) is 0 Å². The zero-order valence-corrected chi connectivity index (χ0v) is 19.0. The summed E-state index contributed by atoms with van der Waals surface area (Å²) in [6, 6.07) is 5.62. The van der Waals surface area contributed by atoms with Gasteiger partial charge >= 0.3 is 6.18 Å². The third-order valence-electron chi connectivity index (χ3n) is 4.92. The number of aryl methyl sites for hydroxylation is 1. The van der Waals surface area contributed by atoms with Crippen molar-refractivity contribution in [3.05, 3.63) is 41.1 Å². The van der Waals surface area contributed by atoms with Crippen molar-refractivity contribution in [3.8, 4) is 5.88 Å². The fourth-order valence-electron chi connectivity index (χ4n) is 3.41. The number of carbonyl (C=O) groups excluding carboxylic acids is 2. The van der Waals surface area contributed by atoms with Gasteiger partial charge in [0.15, 0.2) is 6.61 Å². The van der Waals surface area contributed by atoms with Gasteiger partial charge in [-0.05, 0) is 37.6 Å². The molecule has 2 amide bonds. The minimum absolute atomic E-state index is 0.195. The van der Waals surface area contributed by atoms with Crippen LogP contribution in [0.2, 0.25) is 0 Å². The van der Waals surface area contributed by atoms with Gasteiger partial charge < -0.3 is 25.0 Å². The Labute approximate surface area is 194 Å². The molecule has 3 heterocycles. The van der Waals surface area contributed by atoms with Gasteiger partial charge in [-0.25, -0.2) is 4.98 Å². The first-order chi connectivity index (χ1) is 16.0. The van der Waals surface area contributed by atoms with Crippen molar-refractivity contribution in [1.82, 2.24) is 15.3 Å². The molecule has 2 aromatic rings. The molecular weight excluding hydrogens is 455 g/mol. The molecule has 1 aliphatic rings. The van der Waals surface area contributed by atoms with Gasteiger partial charge in [0, 0.05) is 31.8 Å². The lowest BCUT2D eigenvalue weighted by atomic mass is 10.1. The maximum Gasteiger partial charge on any atom is 0.422 e. The van der Waals surface area contributed by atoms with Gasteiger partial charge in [-0.2, -0.15) is 18.2 Å². The number of hydrogen-bond donors (Lipinski definition) is 2. The maximum atomic E-state index is 13.2. The van der Waals surface area contributed by atoms with Crippen molar-refractivity contribution < 1.29 is 32.2 Å². The average Bonchev–Trinajstić information content (AvgIpc) is 2.76. The molecule has 1 atom stereocenters. The van der Waals surface area contributed by atoms with E-state index in [1.165, 1.54) is 19.1 Å². The van der Waals surface area contributed by atoms with E-state index in [4.69, 9.17) is 9.47 Å². The number of aromatic nitrogens is 2. The van der Waals surface area contributed by atoms with Gasteiger partial charge in [0.2, 0.25) is 11.8 Å². The topological polar surface area (TPSA) is 106 Å². The van der Waals surface area contributed by atoms with Crippen LogP contribution in [0.25, 0.3) is 0 Å². The second kappa shape index (κ2) is 10.7. The minimum atomic E-state index is -4.51. The predicted molar refractivity (Wildman–Crippen MR) is 118 cm³/mol. The fraction of sp³-hybridized carbons (Fsp3) is 0.455. The number of nitrogens with one attached hydrogen (secondary N) is 2. The molecular formula is C22H26F3N5O4. The molecule has 1 aliphatic heterocycles. The van der Waals surface area contributed by atoms with Crippen LogP contribution in [0.5, 0.6) is 5.88 Å². The van der Waals surface area contributed by atoms with Crippen LogP contribution < -0.4 is 20.3 Å². The van der Waals surface area contributed by atoms with Crippen LogP contribution in [0.4, 0.5) is 24.8 Å². The number of halogens is 3. The lowest BCUT2D eigenvalue weighted by molar-refractivity contribution is -0.154. The first-order valence-corrected chi connectivity index (χ1v) is 10.6. The summed E-state index contributed by atoms with van der Waals surface area (Å²) in [5.74, 6) is -0.370. The molecule has 184 valence electrons. The van der Waals surface area contributed by atoms with Gasteiger partial charge in [0.05, 0.1) is 24.8 Å². The van der Waals surface area contributed by atoms with Crippen LogP contribution in [0.3, 0.4) is 0 Å². The molecule has 34 heavy (non-hydrogen) atoms. The number of carbonyl (C=O) groups is 2. The number of hydrogen-bond acceptors (Lipinski definition) is 7. The number of nitrogens with zero attached hydrogens (tertiary/aromatic N) is 3. The molecule has 0 aromatic carbocycles. The van der Waals surface area contributed by atoms with E-state index < -0.39 is 24.7 Å². The Morgan fingerprint density at radius 2 is 1.91 bits per heavy atom. The Bertz CT molecular complexity index is 1040. The lowest BCUT2D eigenvalue weighted by Crippen LogP contribution is -2.39. The van der Waals surface area contributed by atoms with Crippen molar-refractivity contribution in [3.63, 3.8) is 0 Å². The normalized spacial score (nSPS) is 14.9. The highest BCUT2D eigenvalue weighted by atomic mass is 19.4. The smallest absolute Gasteiger partial charge is 0.422 e. The number of anilines is 2. The van der Waals surface area contributed by atoms with E-state index in [9.17, 15) is 22.8 Å². The van der Waals surface area contributed by atoms with Crippen LogP contribution in [-0.2, 0) is 9.53 Å². The highest BCUT2D eigenvalue weighted by Crippen LogP contribution is 2.26. The summed E-state index contributed by atoms with van der Waals surface area (Å²) in [6.07, 6.45) is -4.51. The molecule has 0 radical (unpaired) electrons. The number of pyridine rings is 2. The largest absolute Gasteiger partial charge is 0.468 e. The Hall–Kier alpha value is -3.41. The molecule has 1 unspecified atom stereocenters. The molecule has 9 nitrogen and oxygen atoms in total. The second-order valence-corrected chi connectivity index (χ2v) is 7.83. The van der Waals surface area contributed by atoms with Gasteiger partial charge in [-0.3, -0.25) is 9.59 Å². The number of alkyl halides is 3. The molecule has 0 bridgehead atoms. The SMILES string of the molecule is CC(=O)Nc1cc(C(C)NC(=O)c2ccc(OCC(F)(F)F)nc2N2CCOCC2)cc(C)n1. The molecule has 0 aliphatic carbocycles. The Kier molecular flexibility index (Phi) is 7.92. The van der Waals surface area contributed by atoms with E-state index in [1.54, 1.807) is 30.9 Å². The fourth-order valence-corrected chi connectivity index (χ4v) is 3.41. The lowest BCUT2D eigenvalue weighted by Gasteiger charge is -2.29. The Balaban J connectivity index is 1.83.